The molecule has 1 N–H and O–H groups in total. The lowest BCUT2D eigenvalue weighted by atomic mass is 10.1. The van der Waals surface area contributed by atoms with E-state index in [4.69, 9.17) is 20.8 Å². The number of hydrogen-bond acceptors (Lipinski definition) is 4. The van der Waals surface area contributed by atoms with E-state index in [1.54, 1.807) is 12.1 Å². The Kier molecular flexibility index (Phi) is 6.04. The van der Waals surface area contributed by atoms with E-state index in [2.05, 4.69) is 10.4 Å². The predicted molar refractivity (Wildman–Crippen MR) is 103 cm³/mol. The van der Waals surface area contributed by atoms with Crippen LogP contribution in [-0.2, 0) is 13.2 Å². The number of halogens is 2. The highest BCUT2D eigenvalue weighted by Crippen LogP contribution is 2.26. The highest BCUT2D eigenvalue weighted by atomic mass is 35.5. The average molecular weight is 406 g/mol. The normalized spacial score (nSPS) is 12.0. The van der Waals surface area contributed by atoms with E-state index in [9.17, 15) is 9.18 Å². The van der Waals surface area contributed by atoms with Crippen molar-refractivity contribution in [1.82, 2.24) is 15.1 Å². The maximum Gasteiger partial charge on any atom is 0.287 e. The minimum atomic E-state index is -0.442. The number of amides is 1. The van der Waals surface area contributed by atoms with Crippen molar-refractivity contribution in [2.45, 2.75) is 40.0 Å². The molecule has 0 bridgehead atoms. The van der Waals surface area contributed by atoms with E-state index < -0.39 is 5.82 Å². The van der Waals surface area contributed by atoms with Gasteiger partial charge in [-0.2, -0.15) is 5.10 Å². The van der Waals surface area contributed by atoms with Gasteiger partial charge in [-0.1, -0.05) is 11.6 Å². The van der Waals surface area contributed by atoms with Gasteiger partial charge in [-0.25, -0.2) is 4.39 Å². The highest BCUT2D eigenvalue weighted by molar-refractivity contribution is 6.32. The van der Waals surface area contributed by atoms with Gasteiger partial charge < -0.3 is 14.5 Å². The minimum absolute atomic E-state index is 0.0660. The monoisotopic (exact) mass is 405 g/mol. The molecule has 2 heterocycles. The fraction of sp³-hybridized carbons (Fsp3) is 0.300. The summed E-state index contributed by atoms with van der Waals surface area (Å²) in [6.07, 6.45) is 1.92. The van der Waals surface area contributed by atoms with Crippen molar-refractivity contribution < 1.29 is 18.3 Å². The molecule has 6 nitrogen and oxygen atoms in total. The summed E-state index contributed by atoms with van der Waals surface area (Å²) in [5.41, 5.74) is 1.83. The molecule has 1 atom stereocenters. The van der Waals surface area contributed by atoms with Gasteiger partial charge >= 0.3 is 0 Å². The number of nitrogens with one attached hydrogen (secondary N) is 1. The summed E-state index contributed by atoms with van der Waals surface area (Å²) in [5.74, 6) is 0.192. The van der Waals surface area contributed by atoms with Crippen LogP contribution in [0, 0.1) is 12.7 Å². The van der Waals surface area contributed by atoms with Crippen molar-refractivity contribution >= 4 is 17.5 Å². The summed E-state index contributed by atoms with van der Waals surface area (Å²) in [6, 6.07) is 6.88. The summed E-state index contributed by atoms with van der Waals surface area (Å²) < 4.78 is 26.0. The molecular weight excluding hydrogens is 385 g/mol. The fourth-order valence-corrected chi connectivity index (χ4v) is 3.01. The van der Waals surface area contributed by atoms with Crippen molar-refractivity contribution in [3.63, 3.8) is 0 Å². The first-order valence-corrected chi connectivity index (χ1v) is 9.26. The SMILES string of the molecule is CCn1cc(C(C)NC(=O)c2ccc(COc3ccc(F)cc3Cl)o2)c(C)n1. The van der Waals surface area contributed by atoms with Crippen LogP contribution >= 0.6 is 11.6 Å². The molecule has 0 aliphatic heterocycles. The first kappa shape index (κ1) is 19.9. The molecule has 3 aromatic rings. The summed E-state index contributed by atoms with van der Waals surface area (Å²) in [7, 11) is 0. The Morgan fingerprint density at radius 1 is 1.39 bits per heavy atom. The lowest BCUT2D eigenvalue weighted by Crippen LogP contribution is -2.26. The van der Waals surface area contributed by atoms with E-state index >= 15 is 0 Å². The molecule has 0 aliphatic carbocycles. The van der Waals surface area contributed by atoms with Crippen LogP contribution in [0.25, 0.3) is 0 Å². The number of nitrogens with zero attached hydrogens (tertiary/aromatic N) is 2. The second-order valence-electron chi connectivity index (χ2n) is 6.35. The molecule has 148 valence electrons. The van der Waals surface area contributed by atoms with Crippen molar-refractivity contribution in [3.8, 4) is 5.75 Å². The van der Waals surface area contributed by atoms with Gasteiger partial charge in [0, 0.05) is 18.3 Å². The Hall–Kier alpha value is -2.80. The molecule has 3 rings (SSSR count). The lowest BCUT2D eigenvalue weighted by molar-refractivity contribution is 0.0907. The minimum Gasteiger partial charge on any atom is -0.484 e. The Morgan fingerprint density at radius 2 is 2.18 bits per heavy atom. The van der Waals surface area contributed by atoms with Crippen LogP contribution in [0.3, 0.4) is 0 Å². The van der Waals surface area contributed by atoms with Gasteiger partial charge in [0.05, 0.1) is 16.8 Å². The van der Waals surface area contributed by atoms with Crippen molar-refractivity contribution in [2.24, 2.45) is 0 Å². The Balaban J connectivity index is 1.61. The molecule has 28 heavy (non-hydrogen) atoms. The molecule has 2 aromatic heterocycles. The Bertz CT molecular complexity index is 983. The predicted octanol–water partition coefficient (Wildman–Crippen LogP) is 4.67. The van der Waals surface area contributed by atoms with Crippen LogP contribution in [0.5, 0.6) is 5.75 Å². The summed E-state index contributed by atoms with van der Waals surface area (Å²) >= 11 is 5.93. The van der Waals surface area contributed by atoms with Crippen LogP contribution < -0.4 is 10.1 Å². The quantitative estimate of drug-likeness (QED) is 0.620. The highest BCUT2D eigenvalue weighted by Gasteiger charge is 2.18. The molecule has 1 aromatic carbocycles. The van der Waals surface area contributed by atoms with Gasteiger partial charge in [0.2, 0.25) is 0 Å². The maximum atomic E-state index is 13.1. The first-order valence-electron chi connectivity index (χ1n) is 8.88. The largest absolute Gasteiger partial charge is 0.484 e. The molecule has 1 unspecified atom stereocenters. The third-order valence-electron chi connectivity index (χ3n) is 4.27. The average Bonchev–Trinajstić information content (AvgIpc) is 3.27. The number of carbonyl (C=O) groups is 1. The van der Waals surface area contributed by atoms with E-state index in [0.717, 1.165) is 17.8 Å². The molecule has 1 amide bonds. The summed E-state index contributed by atoms with van der Waals surface area (Å²) in [5, 5.41) is 7.46. The number of ether oxygens (including phenoxy) is 1. The van der Waals surface area contributed by atoms with Crippen LogP contribution in [0.2, 0.25) is 5.02 Å². The van der Waals surface area contributed by atoms with Gasteiger partial charge in [0.1, 0.15) is 23.9 Å². The van der Waals surface area contributed by atoms with Gasteiger partial charge in [-0.15, -0.1) is 0 Å². The second-order valence-corrected chi connectivity index (χ2v) is 6.76. The molecular formula is C20H21ClFN3O3. The molecule has 0 saturated heterocycles. The molecule has 8 heteroatoms. The number of furan rings is 1. The number of aryl methyl sites for hydroxylation is 2. The molecule has 0 fully saturated rings. The second kappa shape index (κ2) is 8.48. The van der Waals surface area contributed by atoms with Crippen molar-refractivity contribution in [3.05, 3.63) is 70.1 Å². The summed E-state index contributed by atoms with van der Waals surface area (Å²) in [6.45, 7) is 6.64. The van der Waals surface area contributed by atoms with Crippen molar-refractivity contribution in [2.75, 3.05) is 0 Å². The zero-order valence-electron chi connectivity index (χ0n) is 15.8. The molecule has 0 radical (unpaired) electrons. The standard InChI is InChI=1S/C20H21ClFN3O3/c1-4-25-10-16(13(3)24-25)12(2)23-20(26)19-8-6-15(28-19)11-27-18-7-5-14(22)9-17(18)21/h5-10,12H,4,11H2,1-3H3,(H,23,26). The van der Waals surface area contributed by atoms with E-state index in [1.165, 1.54) is 18.2 Å². The Labute approximate surface area is 167 Å². The first-order chi connectivity index (χ1) is 13.4. The third kappa shape index (κ3) is 4.54. The van der Waals surface area contributed by atoms with Crippen LogP contribution in [0.15, 0.2) is 40.9 Å². The van der Waals surface area contributed by atoms with Crippen molar-refractivity contribution in [1.29, 1.82) is 0 Å². The number of benzene rings is 1. The fourth-order valence-electron chi connectivity index (χ4n) is 2.78. The van der Waals surface area contributed by atoms with Gasteiger partial charge in [0.15, 0.2) is 5.76 Å². The van der Waals surface area contributed by atoms with Gasteiger partial charge in [-0.05, 0) is 51.1 Å². The molecule has 0 aliphatic rings. The van der Waals surface area contributed by atoms with E-state index in [1.807, 2.05) is 31.6 Å². The number of hydrogen-bond donors (Lipinski definition) is 1. The van der Waals surface area contributed by atoms with Crippen LogP contribution in [0.4, 0.5) is 4.39 Å². The smallest absolute Gasteiger partial charge is 0.287 e. The maximum absolute atomic E-state index is 13.1. The number of rotatable bonds is 7. The van der Waals surface area contributed by atoms with Gasteiger partial charge in [0.25, 0.3) is 5.91 Å². The van der Waals surface area contributed by atoms with E-state index in [0.29, 0.717) is 11.5 Å². The zero-order valence-corrected chi connectivity index (χ0v) is 16.6. The zero-order chi connectivity index (χ0) is 20.3. The van der Waals surface area contributed by atoms with Crippen LogP contribution in [-0.4, -0.2) is 15.7 Å². The molecule has 0 saturated carbocycles. The van der Waals surface area contributed by atoms with Crippen LogP contribution in [0.1, 0.15) is 47.5 Å². The summed E-state index contributed by atoms with van der Waals surface area (Å²) in [4.78, 5) is 12.5. The van der Waals surface area contributed by atoms with Gasteiger partial charge in [-0.3, -0.25) is 9.48 Å². The van der Waals surface area contributed by atoms with E-state index in [-0.39, 0.29) is 29.3 Å². The topological polar surface area (TPSA) is 69.3 Å². The number of carbonyl (C=O) groups excluding carboxylic acids is 1. The Morgan fingerprint density at radius 3 is 2.86 bits per heavy atom. The number of aromatic nitrogens is 2. The lowest BCUT2D eigenvalue weighted by Gasteiger charge is -2.12. The molecule has 0 spiro atoms. The third-order valence-corrected chi connectivity index (χ3v) is 4.57.